The van der Waals surface area contributed by atoms with Crippen molar-refractivity contribution in [1.29, 1.82) is 0 Å². The number of thiazole rings is 1. The lowest BCUT2D eigenvalue weighted by atomic mass is 10.2. The van der Waals surface area contributed by atoms with E-state index in [1.165, 1.54) is 23.1 Å². The third kappa shape index (κ3) is 4.89. The molecular weight excluding hydrogens is 436 g/mol. The van der Waals surface area contributed by atoms with E-state index in [1.54, 1.807) is 11.3 Å². The van der Waals surface area contributed by atoms with Crippen molar-refractivity contribution in [2.24, 2.45) is 0 Å². The van der Waals surface area contributed by atoms with Gasteiger partial charge in [0.15, 0.2) is 0 Å². The average Bonchev–Trinajstić information content (AvgIpc) is 3.39. The number of aromatic nitrogens is 5. The molecule has 10 heteroatoms. The maximum absolute atomic E-state index is 12.1. The van der Waals surface area contributed by atoms with E-state index in [0.717, 1.165) is 38.3 Å². The molecule has 0 bridgehead atoms. The molecule has 0 saturated heterocycles. The molecule has 7 nitrogen and oxygen atoms in total. The highest BCUT2D eigenvalue weighted by molar-refractivity contribution is 7.99. The Labute approximate surface area is 186 Å². The fourth-order valence-corrected chi connectivity index (χ4v) is 4.94. The molecule has 4 aromatic rings. The van der Waals surface area contributed by atoms with Gasteiger partial charge < -0.3 is 0 Å². The predicted molar refractivity (Wildman–Crippen MR) is 122 cm³/mol. The summed E-state index contributed by atoms with van der Waals surface area (Å²) in [7, 11) is 0. The SMILES string of the molecule is CCc1nnc(NC(=O)CSc2ccc(-c3sc(-c4ccccc4)nc3C)nn2)s1. The monoisotopic (exact) mass is 454 g/mol. The summed E-state index contributed by atoms with van der Waals surface area (Å²) in [4.78, 5) is 17.8. The second-order valence-electron chi connectivity index (χ2n) is 6.25. The molecule has 1 aromatic carbocycles. The molecule has 0 unspecified atom stereocenters. The smallest absolute Gasteiger partial charge is 0.236 e. The van der Waals surface area contributed by atoms with Crippen molar-refractivity contribution in [3.8, 4) is 21.1 Å². The van der Waals surface area contributed by atoms with Crippen molar-refractivity contribution in [1.82, 2.24) is 25.4 Å². The van der Waals surface area contributed by atoms with Gasteiger partial charge in [-0.2, -0.15) is 0 Å². The standard InChI is InChI=1S/C20H18N6OS3/c1-3-16-24-26-20(29-16)22-15(27)11-28-17-10-9-14(23-25-17)18-12(2)21-19(30-18)13-7-5-4-6-8-13/h4-10H,3,11H2,1-2H3,(H,22,26,27). The zero-order valence-electron chi connectivity index (χ0n) is 16.3. The number of nitrogens with one attached hydrogen (secondary N) is 1. The summed E-state index contributed by atoms with van der Waals surface area (Å²) in [6.07, 6.45) is 0.802. The number of benzene rings is 1. The van der Waals surface area contributed by atoms with E-state index in [2.05, 4.69) is 30.7 Å². The number of amides is 1. The summed E-state index contributed by atoms with van der Waals surface area (Å²) in [6.45, 7) is 3.98. The Balaban J connectivity index is 1.38. The topological polar surface area (TPSA) is 93.6 Å². The number of thioether (sulfide) groups is 1. The summed E-state index contributed by atoms with van der Waals surface area (Å²) < 4.78 is 0. The first-order valence-corrected chi connectivity index (χ1v) is 11.9. The van der Waals surface area contributed by atoms with Gasteiger partial charge >= 0.3 is 0 Å². The number of carbonyl (C=O) groups is 1. The van der Waals surface area contributed by atoms with Crippen LogP contribution in [-0.2, 0) is 11.2 Å². The first kappa shape index (κ1) is 20.6. The average molecular weight is 455 g/mol. The summed E-state index contributed by atoms with van der Waals surface area (Å²) in [5.41, 5.74) is 2.79. The fraction of sp³-hybridized carbons (Fsp3) is 0.200. The first-order chi connectivity index (χ1) is 14.6. The van der Waals surface area contributed by atoms with Crippen LogP contribution in [0.5, 0.6) is 0 Å². The first-order valence-electron chi connectivity index (χ1n) is 9.24. The molecule has 0 atom stereocenters. The van der Waals surface area contributed by atoms with Crippen molar-refractivity contribution in [2.75, 3.05) is 11.1 Å². The molecule has 152 valence electrons. The van der Waals surface area contributed by atoms with Gasteiger partial charge in [0.2, 0.25) is 11.0 Å². The lowest BCUT2D eigenvalue weighted by Gasteiger charge is -2.02. The van der Waals surface area contributed by atoms with Gasteiger partial charge in [0, 0.05) is 5.56 Å². The van der Waals surface area contributed by atoms with Crippen LogP contribution in [0.1, 0.15) is 17.6 Å². The molecule has 0 aliphatic rings. The molecule has 0 spiro atoms. The van der Waals surface area contributed by atoms with Gasteiger partial charge in [-0.15, -0.1) is 31.7 Å². The quantitative estimate of drug-likeness (QED) is 0.404. The van der Waals surface area contributed by atoms with Crippen LogP contribution in [0.15, 0.2) is 47.5 Å². The van der Waals surface area contributed by atoms with E-state index in [0.29, 0.717) is 10.2 Å². The molecule has 0 fully saturated rings. The Morgan fingerprint density at radius 2 is 1.87 bits per heavy atom. The Kier molecular flexibility index (Phi) is 6.46. The molecule has 3 aromatic heterocycles. The zero-order chi connectivity index (χ0) is 20.9. The molecular formula is C20H18N6OS3. The summed E-state index contributed by atoms with van der Waals surface area (Å²) in [6, 6.07) is 13.9. The van der Waals surface area contributed by atoms with Crippen molar-refractivity contribution >= 4 is 45.5 Å². The summed E-state index contributed by atoms with van der Waals surface area (Å²) >= 11 is 4.32. The number of hydrogen-bond donors (Lipinski definition) is 1. The van der Waals surface area contributed by atoms with Gasteiger partial charge in [0.05, 0.1) is 16.3 Å². The lowest BCUT2D eigenvalue weighted by molar-refractivity contribution is -0.113. The van der Waals surface area contributed by atoms with E-state index in [9.17, 15) is 4.79 Å². The van der Waals surface area contributed by atoms with Crippen molar-refractivity contribution in [2.45, 2.75) is 25.3 Å². The second kappa shape index (κ2) is 9.41. The van der Waals surface area contributed by atoms with E-state index in [-0.39, 0.29) is 11.7 Å². The van der Waals surface area contributed by atoms with E-state index in [4.69, 9.17) is 0 Å². The fourth-order valence-electron chi connectivity index (χ4n) is 2.60. The third-order valence-corrected chi connectivity index (χ3v) is 7.19. The van der Waals surface area contributed by atoms with Gasteiger partial charge in [-0.25, -0.2) is 4.98 Å². The zero-order valence-corrected chi connectivity index (χ0v) is 18.8. The van der Waals surface area contributed by atoms with E-state index in [1.807, 2.05) is 56.3 Å². The number of anilines is 1. The maximum atomic E-state index is 12.1. The highest BCUT2D eigenvalue weighted by atomic mass is 32.2. The van der Waals surface area contributed by atoms with Crippen LogP contribution in [-0.4, -0.2) is 37.0 Å². The van der Waals surface area contributed by atoms with Gasteiger partial charge in [0.25, 0.3) is 0 Å². The molecule has 1 N–H and O–H groups in total. The van der Waals surface area contributed by atoms with Crippen LogP contribution in [0.3, 0.4) is 0 Å². The van der Waals surface area contributed by atoms with Crippen LogP contribution in [0, 0.1) is 6.92 Å². The molecule has 0 aliphatic heterocycles. The molecule has 1 amide bonds. The van der Waals surface area contributed by atoms with Crippen molar-refractivity contribution in [3.05, 3.63) is 53.2 Å². The Bertz CT molecular complexity index is 1140. The van der Waals surface area contributed by atoms with E-state index < -0.39 is 0 Å². The third-order valence-electron chi connectivity index (χ3n) is 4.06. The van der Waals surface area contributed by atoms with Crippen molar-refractivity contribution < 1.29 is 4.79 Å². The predicted octanol–water partition coefficient (Wildman–Crippen LogP) is 4.72. The second-order valence-corrected chi connectivity index (χ2v) is 9.30. The maximum Gasteiger partial charge on any atom is 0.236 e. The molecule has 0 radical (unpaired) electrons. The van der Waals surface area contributed by atoms with Gasteiger partial charge in [-0.3, -0.25) is 10.1 Å². The Morgan fingerprint density at radius 3 is 2.57 bits per heavy atom. The molecule has 0 aliphatic carbocycles. The highest BCUT2D eigenvalue weighted by Crippen LogP contribution is 2.34. The number of hydrogen-bond acceptors (Lipinski definition) is 9. The molecule has 3 heterocycles. The minimum absolute atomic E-state index is 0.143. The van der Waals surface area contributed by atoms with Gasteiger partial charge in [-0.05, 0) is 25.5 Å². The lowest BCUT2D eigenvalue weighted by Crippen LogP contribution is -2.14. The number of aryl methyl sites for hydroxylation is 2. The van der Waals surface area contributed by atoms with Gasteiger partial charge in [0.1, 0.15) is 20.7 Å². The van der Waals surface area contributed by atoms with Crippen LogP contribution >= 0.6 is 34.4 Å². The van der Waals surface area contributed by atoms with Crippen LogP contribution in [0.4, 0.5) is 5.13 Å². The van der Waals surface area contributed by atoms with Gasteiger partial charge in [-0.1, -0.05) is 60.4 Å². The minimum atomic E-state index is -0.143. The number of carbonyl (C=O) groups excluding carboxylic acids is 1. The number of nitrogens with zero attached hydrogens (tertiary/aromatic N) is 5. The number of rotatable bonds is 7. The molecule has 4 rings (SSSR count). The summed E-state index contributed by atoms with van der Waals surface area (Å²) in [5, 5.41) is 22.4. The van der Waals surface area contributed by atoms with E-state index >= 15 is 0 Å². The van der Waals surface area contributed by atoms with Crippen LogP contribution in [0.2, 0.25) is 0 Å². The van der Waals surface area contributed by atoms with Crippen LogP contribution in [0.25, 0.3) is 21.1 Å². The normalized spacial score (nSPS) is 10.9. The molecule has 30 heavy (non-hydrogen) atoms. The summed E-state index contributed by atoms with van der Waals surface area (Å²) in [5.74, 6) is 0.0859. The van der Waals surface area contributed by atoms with Crippen LogP contribution < -0.4 is 5.32 Å². The Hall–Kier alpha value is -2.69. The largest absolute Gasteiger partial charge is 0.300 e. The van der Waals surface area contributed by atoms with Crippen molar-refractivity contribution in [3.63, 3.8) is 0 Å². The Morgan fingerprint density at radius 1 is 1.03 bits per heavy atom. The molecule has 0 saturated carbocycles. The minimum Gasteiger partial charge on any atom is -0.300 e. The highest BCUT2D eigenvalue weighted by Gasteiger charge is 2.14.